The third-order valence-electron chi connectivity index (χ3n) is 4.42. The Morgan fingerprint density at radius 2 is 1.91 bits per heavy atom. The number of benzene rings is 1. The van der Waals surface area contributed by atoms with E-state index >= 15 is 0 Å². The minimum atomic E-state index is -0.544. The molecule has 1 aromatic carbocycles. The van der Waals surface area contributed by atoms with Crippen LogP contribution in [0, 0.1) is 6.92 Å². The van der Waals surface area contributed by atoms with E-state index in [-0.39, 0.29) is 17.7 Å². The first kappa shape index (κ1) is 15.1. The fourth-order valence-corrected chi connectivity index (χ4v) is 3.71. The molecule has 5 N–H and O–H groups in total. The molecular formula is C15H20BrN5O. The summed E-state index contributed by atoms with van der Waals surface area (Å²) in [5, 5.41) is 10.4. The van der Waals surface area contributed by atoms with Crippen LogP contribution in [0.25, 0.3) is 0 Å². The highest BCUT2D eigenvalue weighted by molar-refractivity contribution is 9.10. The van der Waals surface area contributed by atoms with Crippen LogP contribution in [-0.2, 0) is 0 Å². The Hall–Kier alpha value is -1.76. The van der Waals surface area contributed by atoms with Crippen LogP contribution in [-0.4, -0.2) is 22.7 Å². The molecule has 7 heteroatoms. The highest BCUT2D eigenvalue weighted by Gasteiger charge is 2.44. The Kier molecular flexibility index (Phi) is 3.76. The molecule has 0 unspecified atom stereocenters. The SMILES string of the molecule is Cc1c(Br)ccc(O)c1N1C(N)=NC(N)=NC12CCCCC2. The largest absolute Gasteiger partial charge is 0.506 e. The third kappa shape index (κ3) is 2.33. The predicted molar refractivity (Wildman–Crippen MR) is 92.1 cm³/mol. The molecule has 3 rings (SSSR count). The van der Waals surface area contributed by atoms with Crippen molar-refractivity contribution in [3.63, 3.8) is 0 Å². The molecule has 1 fully saturated rings. The minimum absolute atomic E-state index is 0.166. The Balaban J connectivity index is 2.19. The number of halogens is 1. The van der Waals surface area contributed by atoms with Gasteiger partial charge < -0.3 is 16.6 Å². The number of rotatable bonds is 1. The van der Waals surface area contributed by atoms with Gasteiger partial charge in [-0.2, -0.15) is 4.99 Å². The number of nitrogens with zero attached hydrogens (tertiary/aromatic N) is 3. The van der Waals surface area contributed by atoms with Gasteiger partial charge in [-0.1, -0.05) is 22.4 Å². The fourth-order valence-electron chi connectivity index (χ4n) is 3.39. The first-order valence-electron chi connectivity index (χ1n) is 7.42. The van der Waals surface area contributed by atoms with E-state index in [1.807, 2.05) is 17.9 Å². The number of anilines is 1. The molecule has 0 aromatic heterocycles. The van der Waals surface area contributed by atoms with Crippen LogP contribution >= 0.6 is 15.9 Å². The molecule has 1 aliphatic heterocycles. The third-order valence-corrected chi connectivity index (χ3v) is 5.28. The lowest BCUT2D eigenvalue weighted by atomic mass is 9.87. The lowest BCUT2D eigenvalue weighted by Gasteiger charge is -2.46. The van der Waals surface area contributed by atoms with Gasteiger partial charge in [-0.25, -0.2) is 4.99 Å². The van der Waals surface area contributed by atoms with Gasteiger partial charge in [-0.15, -0.1) is 0 Å². The zero-order chi connectivity index (χ0) is 15.9. The van der Waals surface area contributed by atoms with Gasteiger partial charge >= 0.3 is 0 Å². The Labute approximate surface area is 138 Å². The number of hydrogen-bond donors (Lipinski definition) is 3. The van der Waals surface area contributed by atoms with Crippen LogP contribution in [0.2, 0.25) is 0 Å². The van der Waals surface area contributed by atoms with Crippen LogP contribution in [0.1, 0.15) is 37.7 Å². The Morgan fingerprint density at radius 3 is 2.59 bits per heavy atom. The molecule has 0 radical (unpaired) electrons. The van der Waals surface area contributed by atoms with Crippen molar-refractivity contribution in [3.05, 3.63) is 22.2 Å². The molecule has 118 valence electrons. The van der Waals surface area contributed by atoms with Gasteiger partial charge in [-0.05, 0) is 50.3 Å². The van der Waals surface area contributed by atoms with Crippen molar-refractivity contribution in [1.29, 1.82) is 0 Å². The molecule has 0 saturated heterocycles. The van der Waals surface area contributed by atoms with Gasteiger partial charge in [0, 0.05) is 4.47 Å². The average Bonchev–Trinajstić information content (AvgIpc) is 2.47. The Morgan fingerprint density at radius 1 is 1.23 bits per heavy atom. The van der Waals surface area contributed by atoms with Crippen LogP contribution in [0.4, 0.5) is 5.69 Å². The fraction of sp³-hybridized carbons (Fsp3) is 0.467. The number of guanidine groups is 2. The number of phenolic OH excluding ortho intramolecular Hbond substituents is 1. The predicted octanol–water partition coefficient (Wildman–Crippen LogP) is 2.57. The van der Waals surface area contributed by atoms with Crippen molar-refractivity contribution in [2.75, 3.05) is 4.90 Å². The maximum absolute atomic E-state index is 10.4. The van der Waals surface area contributed by atoms with Gasteiger partial charge in [-0.3, -0.25) is 4.90 Å². The molecular weight excluding hydrogens is 346 g/mol. The standard InChI is InChI=1S/C15H20BrN5O/c1-9-10(16)5-6-11(22)12(9)21-14(18)19-13(17)20-15(21)7-3-2-4-8-15/h5-6,22H,2-4,7-8H2,1H3,(H4,17,18,19,20). The molecule has 6 nitrogen and oxygen atoms in total. The van der Waals surface area contributed by atoms with E-state index in [4.69, 9.17) is 11.5 Å². The minimum Gasteiger partial charge on any atom is -0.506 e. The number of nitrogens with two attached hydrogens (primary N) is 2. The van der Waals surface area contributed by atoms with E-state index in [2.05, 4.69) is 25.9 Å². The summed E-state index contributed by atoms with van der Waals surface area (Å²) in [7, 11) is 0. The monoisotopic (exact) mass is 365 g/mol. The first-order chi connectivity index (χ1) is 10.4. The second-order valence-corrected chi connectivity index (χ2v) is 6.71. The zero-order valence-corrected chi connectivity index (χ0v) is 14.1. The molecule has 1 aromatic rings. The van der Waals surface area contributed by atoms with Gasteiger partial charge in [0.05, 0.1) is 5.69 Å². The topological polar surface area (TPSA) is 100 Å². The quantitative estimate of drug-likeness (QED) is 0.711. The maximum Gasteiger partial charge on any atom is 0.220 e. The van der Waals surface area contributed by atoms with E-state index in [9.17, 15) is 5.11 Å². The smallest absolute Gasteiger partial charge is 0.220 e. The molecule has 0 atom stereocenters. The maximum atomic E-state index is 10.4. The highest BCUT2D eigenvalue weighted by atomic mass is 79.9. The summed E-state index contributed by atoms with van der Waals surface area (Å²) in [5.41, 5.74) is 13.0. The van der Waals surface area contributed by atoms with Crippen molar-refractivity contribution < 1.29 is 5.11 Å². The summed E-state index contributed by atoms with van der Waals surface area (Å²) in [5.74, 6) is 0.660. The van der Waals surface area contributed by atoms with E-state index in [0.29, 0.717) is 5.69 Å². The van der Waals surface area contributed by atoms with E-state index in [1.165, 1.54) is 6.42 Å². The van der Waals surface area contributed by atoms with Crippen molar-refractivity contribution in [2.45, 2.75) is 44.7 Å². The molecule has 1 heterocycles. The number of hydrogen-bond acceptors (Lipinski definition) is 6. The summed E-state index contributed by atoms with van der Waals surface area (Å²) >= 11 is 3.51. The second-order valence-electron chi connectivity index (χ2n) is 5.86. The Bertz CT molecular complexity index is 664. The van der Waals surface area contributed by atoms with E-state index < -0.39 is 5.66 Å². The van der Waals surface area contributed by atoms with Gasteiger partial charge in [0.2, 0.25) is 11.9 Å². The molecule has 0 bridgehead atoms. The average molecular weight is 366 g/mol. The highest BCUT2D eigenvalue weighted by Crippen LogP contribution is 2.45. The molecule has 1 saturated carbocycles. The molecule has 22 heavy (non-hydrogen) atoms. The first-order valence-corrected chi connectivity index (χ1v) is 8.22. The summed E-state index contributed by atoms with van der Waals surface area (Å²) in [6, 6.07) is 3.47. The second kappa shape index (κ2) is 5.46. The van der Waals surface area contributed by atoms with Crippen molar-refractivity contribution >= 4 is 33.5 Å². The van der Waals surface area contributed by atoms with Crippen molar-refractivity contribution in [3.8, 4) is 5.75 Å². The van der Waals surface area contributed by atoms with Crippen LogP contribution in [0.3, 0.4) is 0 Å². The normalized spacial score (nSPS) is 20.7. The van der Waals surface area contributed by atoms with E-state index in [1.54, 1.807) is 6.07 Å². The molecule has 1 spiro atoms. The zero-order valence-electron chi connectivity index (χ0n) is 12.5. The summed E-state index contributed by atoms with van der Waals surface area (Å²) in [4.78, 5) is 10.6. The summed E-state index contributed by atoms with van der Waals surface area (Å²) in [6.45, 7) is 1.94. The van der Waals surface area contributed by atoms with Crippen LogP contribution in [0.5, 0.6) is 5.75 Å². The lowest BCUT2D eigenvalue weighted by molar-refractivity contribution is 0.303. The molecule has 2 aliphatic rings. The van der Waals surface area contributed by atoms with Gasteiger partial charge in [0.25, 0.3) is 0 Å². The van der Waals surface area contributed by atoms with Crippen LogP contribution in [0.15, 0.2) is 26.6 Å². The van der Waals surface area contributed by atoms with Gasteiger partial charge in [0.1, 0.15) is 11.4 Å². The number of aliphatic imine (C=N–C) groups is 2. The summed E-state index contributed by atoms with van der Waals surface area (Å²) < 4.78 is 0.904. The molecule has 1 aliphatic carbocycles. The van der Waals surface area contributed by atoms with Crippen molar-refractivity contribution in [1.82, 2.24) is 0 Å². The lowest BCUT2D eigenvalue weighted by Crippen LogP contribution is -2.58. The van der Waals surface area contributed by atoms with Crippen LogP contribution < -0.4 is 16.4 Å². The number of aromatic hydroxyl groups is 1. The summed E-state index contributed by atoms with van der Waals surface area (Å²) in [6.07, 6.45) is 4.96. The number of phenols is 1. The van der Waals surface area contributed by atoms with Crippen molar-refractivity contribution in [2.24, 2.45) is 21.5 Å². The van der Waals surface area contributed by atoms with E-state index in [0.717, 1.165) is 35.7 Å². The molecule has 0 amide bonds. The van der Waals surface area contributed by atoms with Gasteiger partial charge in [0.15, 0.2) is 0 Å².